The molecule has 1 amide bonds. The molecule has 2 N–H and O–H groups in total. The minimum atomic E-state index is -4.51. The van der Waals surface area contributed by atoms with Gasteiger partial charge in [-0.3, -0.25) is 4.79 Å². The Morgan fingerprint density at radius 3 is 2.22 bits per heavy atom. The first-order valence-corrected chi connectivity index (χ1v) is 8.36. The molecule has 0 heterocycles. The van der Waals surface area contributed by atoms with E-state index in [-0.39, 0.29) is 17.0 Å². The van der Waals surface area contributed by atoms with Gasteiger partial charge in [-0.2, -0.15) is 13.2 Å². The predicted octanol–water partition coefficient (Wildman–Crippen LogP) is 5.49. The number of anilines is 2. The molecule has 0 unspecified atom stereocenters. The number of rotatable bonds is 4. The van der Waals surface area contributed by atoms with Crippen LogP contribution in [0, 0.1) is 6.92 Å². The zero-order chi connectivity index (χ0) is 20.4. The van der Waals surface area contributed by atoms with Gasteiger partial charge in [0.15, 0.2) is 0 Å². The van der Waals surface area contributed by atoms with E-state index in [2.05, 4.69) is 10.6 Å². The zero-order valence-electron chi connectivity index (χ0n) is 15.9. The van der Waals surface area contributed by atoms with Crippen molar-refractivity contribution in [2.45, 2.75) is 39.4 Å². The molecule has 4 nitrogen and oxygen atoms in total. The molecule has 7 heteroatoms. The molecular weight excluding hydrogens is 357 g/mol. The van der Waals surface area contributed by atoms with Gasteiger partial charge < -0.3 is 15.4 Å². The Labute approximate surface area is 156 Å². The number of halogens is 3. The Kier molecular flexibility index (Phi) is 5.73. The largest absolute Gasteiger partial charge is 0.495 e. The fourth-order valence-corrected chi connectivity index (χ4v) is 2.48. The van der Waals surface area contributed by atoms with Gasteiger partial charge in [-0.25, -0.2) is 0 Å². The summed E-state index contributed by atoms with van der Waals surface area (Å²) in [6.07, 6.45) is -4.51. The number of carbonyl (C=O) groups excluding carboxylic acids is 1. The lowest BCUT2D eigenvalue weighted by atomic mass is 10.0. The monoisotopic (exact) mass is 380 g/mol. The van der Waals surface area contributed by atoms with Crippen molar-refractivity contribution in [3.8, 4) is 5.75 Å². The van der Waals surface area contributed by atoms with Crippen LogP contribution in [0.15, 0.2) is 36.4 Å². The van der Waals surface area contributed by atoms with Gasteiger partial charge in [-0.15, -0.1) is 0 Å². The van der Waals surface area contributed by atoms with Crippen LogP contribution in [0.5, 0.6) is 5.75 Å². The van der Waals surface area contributed by atoms with Crippen LogP contribution in [-0.4, -0.2) is 18.6 Å². The first kappa shape index (κ1) is 20.6. The predicted molar refractivity (Wildman–Crippen MR) is 101 cm³/mol. The van der Waals surface area contributed by atoms with Gasteiger partial charge in [0, 0.05) is 16.8 Å². The molecule has 0 radical (unpaired) electrons. The summed E-state index contributed by atoms with van der Waals surface area (Å²) in [5, 5.41) is 5.81. The van der Waals surface area contributed by atoms with Crippen molar-refractivity contribution in [2.24, 2.45) is 0 Å². The van der Waals surface area contributed by atoms with Crippen LogP contribution in [0.3, 0.4) is 0 Å². The molecule has 0 aromatic heterocycles. The van der Waals surface area contributed by atoms with Crippen molar-refractivity contribution in [1.82, 2.24) is 0 Å². The highest BCUT2D eigenvalue weighted by molar-refractivity contribution is 6.05. The topological polar surface area (TPSA) is 50.4 Å². The SMILES string of the molecule is COc1ccc(C(F)(F)F)cc1NC(=O)c1ccc(C)c(NC(C)(C)C)c1. The first-order chi connectivity index (χ1) is 12.4. The van der Waals surface area contributed by atoms with Gasteiger partial charge in [0.25, 0.3) is 5.91 Å². The third-order valence-electron chi connectivity index (χ3n) is 3.78. The number of amides is 1. The number of nitrogens with one attached hydrogen (secondary N) is 2. The highest BCUT2D eigenvalue weighted by atomic mass is 19.4. The standard InChI is InChI=1S/C20H23F3N2O2/c1-12-6-7-13(10-15(12)25-19(2,3)4)18(26)24-16-11-14(20(21,22)23)8-9-17(16)27-5/h6-11,25H,1-5H3,(H,24,26). The number of hydrogen-bond acceptors (Lipinski definition) is 3. The van der Waals surface area contributed by atoms with E-state index >= 15 is 0 Å². The Morgan fingerprint density at radius 2 is 1.67 bits per heavy atom. The van der Waals surface area contributed by atoms with Crippen LogP contribution < -0.4 is 15.4 Å². The molecule has 0 aliphatic heterocycles. The average Bonchev–Trinajstić information content (AvgIpc) is 2.54. The molecular formula is C20H23F3N2O2. The molecule has 0 fully saturated rings. The molecule has 0 aliphatic carbocycles. The first-order valence-electron chi connectivity index (χ1n) is 8.36. The average molecular weight is 380 g/mol. The Morgan fingerprint density at radius 1 is 1.00 bits per heavy atom. The van der Waals surface area contributed by atoms with Crippen LogP contribution in [0.4, 0.5) is 24.5 Å². The van der Waals surface area contributed by atoms with Gasteiger partial charge in [0.05, 0.1) is 18.4 Å². The molecule has 27 heavy (non-hydrogen) atoms. The van der Waals surface area contributed by atoms with E-state index in [1.807, 2.05) is 27.7 Å². The van der Waals surface area contributed by atoms with E-state index < -0.39 is 17.6 Å². The van der Waals surface area contributed by atoms with Crippen molar-refractivity contribution < 1.29 is 22.7 Å². The number of methoxy groups -OCH3 is 1. The fourth-order valence-electron chi connectivity index (χ4n) is 2.48. The summed E-state index contributed by atoms with van der Waals surface area (Å²) in [5.41, 5.74) is 0.960. The van der Waals surface area contributed by atoms with Gasteiger partial charge in [0.1, 0.15) is 5.75 Å². The number of carbonyl (C=O) groups is 1. The molecule has 0 bridgehead atoms. The number of benzene rings is 2. The maximum Gasteiger partial charge on any atom is 0.416 e. The van der Waals surface area contributed by atoms with Gasteiger partial charge in [-0.1, -0.05) is 6.07 Å². The zero-order valence-corrected chi connectivity index (χ0v) is 15.9. The highest BCUT2D eigenvalue weighted by Crippen LogP contribution is 2.35. The number of alkyl halides is 3. The molecule has 2 aromatic carbocycles. The Balaban J connectivity index is 2.33. The van der Waals surface area contributed by atoms with Crippen molar-refractivity contribution in [3.63, 3.8) is 0 Å². The summed E-state index contributed by atoms with van der Waals surface area (Å²) < 4.78 is 43.9. The lowest BCUT2D eigenvalue weighted by Gasteiger charge is -2.24. The molecule has 2 rings (SSSR count). The third-order valence-corrected chi connectivity index (χ3v) is 3.78. The van der Waals surface area contributed by atoms with Crippen molar-refractivity contribution in [3.05, 3.63) is 53.1 Å². The van der Waals surface area contributed by atoms with Crippen molar-refractivity contribution in [1.29, 1.82) is 0 Å². The second-order valence-electron chi connectivity index (χ2n) is 7.27. The molecule has 2 aromatic rings. The quantitative estimate of drug-likeness (QED) is 0.738. The van der Waals surface area contributed by atoms with E-state index in [1.54, 1.807) is 18.2 Å². The lowest BCUT2D eigenvalue weighted by Crippen LogP contribution is -2.26. The summed E-state index contributed by atoms with van der Waals surface area (Å²) in [5.74, 6) is -0.374. The van der Waals surface area contributed by atoms with Crippen LogP contribution in [0.2, 0.25) is 0 Å². The van der Waals surface area contributed by atoms with E-state index in [4.69, 9.17) is 4.74 Å². The molecule has 0 saturated heterocycles. The van der Waals surface area contributed by atoms with Crippen LogP contribution >= 0.6 is 0 Å². The second kappa shape index (κ2) is 7.50. The highest BCUT2D eigenvalue weighted by Gasteiger charge is 2.31. The number of ether oxygens (including phenoxy) is 1. The third kappa shape index (κ3) is 5.39. The van der Waals surface area contributed by atoms with Gasteiger partial charge in [-0.05, 0) is 63.6 Å². The lowest BCUT2D eigenvalue weighted by molar-refractivity contribution is -0.137. The Hall–Kier alpha value is -2.70. The normalized spacial score (nSPS) is 11.9. The minimum Gasteiger partial charge on any atom is -0.495 e. The number of aryl methyl sites for hydroxylation is 1. The van der Waals surface area contributed by atoms with E-state index in [0.29, 0.717) is 5.56 Å². The van der Waals surface area contributed by atoms with E-state index in [0.717, 1.165) is 23.4 Å². The molecule has 0 spiro atoms. The van der Waals surface area contributed by atoms with Crippen LogP contribution in [-0.2, 0) is 6.18 Å². The maximum atomic E-state index is 13.0. The van der Waals surface area contributed by atoms with Crippen LogP contribution in [0.25, 0.3) is 0 Å². The van der Waals surface area contributed by atoms with Crippen molar-refractivity contribution >= 4 is 17.3 Å². The van der Waals surface area contributed by atoms with Crippen molar-refractivity contribution in [2.75, 3.05) is 17.7 Å². The fraction of sp³-hybridized carbons (Fsp3) is 0.350. The van der Waals surface area contributed by atoms with Gasteiger partial charge >= 0.3 is 6.18 Å². The summed E-state index contributed by atoms with van der Waals surface area (Å²) in [4.78, 5) is 12.6. The van der Waals surface area contributed by atoms with Crippen LogP contribution in [0.1, 0.15) is 42.3 Å². The summed E-state index contributed by atoms with van der Waals surface area (Å²) >= 11 is 0. The smallest absolute Gasteiger partial charge is 0.416 e. The summed E-state index contributed by atoms with van der Waals surface area (Å²) in [6.45, 7) is 7.89. The number of hydrogen-bond donors (Lipinski definition) is 2. The molecule has 0 saturated carbocycles. The molecule has 0 aliphatic rings. The maximum absolute atomic E-state index is 13.0. The summed E-state index contributed by atoms with van der Waals surface area (Å²) in [7, 11) is 1.33. The van der Waals surface area contributed by atoms with E-state index in [9.17, 15) is 18.0 Å². The van der Waals surface area contributed by atoms with Gasteiger partial charge in [0.2, 0.25) is 0 Å². The molecule has 146 valence electrons. The molecule has 0 atom stereocenters. The summed E-state index contributed by atoms with van der Waals surface area (Å²) in [6, 6.07) is 8.03. The second-order valence-corrected chi connectivity index (χ2v) is 7.27. The Bertz CT molecular complexity index is 840. The minimum absolute atomic E-state index is 0.0387. The van der Waals surface area contributed by atoms with E-state index in [1.165, 1.54) is 13.2 Å².